The van der Waals surface area contributed by atoms with Crippen molar-refractivity contribution in [3.8, 4) is 11.5 Å². The van der Waals surface area contributed by atoms with Crippen molar-refractivity contribution >= 4 is 0 Å². The summed E-state index contributed by atoms with van der Waals surface area (Å²) in [5.41, 5.74) is -0.866. The summed E-state index contributed by atoms with van der Waals surface area (Å²) in [5.74, 6) is -1.03. The Morgan fingerprint density at radius 2 is 1.70 bits per heavy atom. The van der Waals surface area contributed by atoms with Gasteiger partial charge in [0.2, 0.25) is 0 Å². The van der Waals surface area contributed by atoms with Gasteiger partial charge < -0.3 is 9.84 Å². The van der Waals surface area contributed by atoms with Crippen molar-refractivity contribution in [2.24, 2.45) is 0 Å². The Bertz CT molecular complexity index is 608. The number of aliphatic hydroxyl groups is 1. The van der Waals surface area contributed by atoms with Crippen LogP contribution in [0.5, 0.6) is 11.5 Å². The Balaban J connectivity index is 2.41. The monoisotopic (exact) mass is 286 g/mol. The summed E-state index contributed by atoms with van der Waals surface area (Å²) in [6.07, 6.45) is -4.56. The van der Waals surface area contributed by atoms with Crippen molar-refractivity contribution in [3.05, 3.63) is 59.4 Å². The molecule has 0 unspecified atom stereocenters. The molecule has 0 aliphatic rings. The quantitative estimate of drug-likeness (QED) is 0.860. The van der Waals surface area contributed by atoms with Crippen LogP contribution in [0.15, 0.2) is 42.5 Å². The highest BCUT2D eigenvalue weighted by atomic mass is 19.4. The van der Waals surface area contributed by atoms with Gasteiger partial charge >= 0.3 is 6.18 Å². The van der Waals surface area contributed by atoms with Gasteiger partial charge in [-0.3, -0.25) is 0 Å². The summed E-state index contributed by atoms with van der Waals surface area (Å²) in [7, 11) is 0. The van der Waals surface area contributed by atoms with E-state index in [4.69, 9.17) is 9.84 Å². The van der Waals surface area contributed by atoms with Gasteiger partial charge in [-0.05, 0) is 30.3 Å². The Kier molecular flexibility index (Phi) is 3.94. The molecule has 20 heavy (non-hydrogen) atoms. The zero-order chi connectivity index (χ0) is 14.8. The number of benzene rings is 2. The molecular formula is C14H10F4O2. The fraction of sp³-hybridized carbons (Fsp3) is 0.143. The van der Waals surface area contributed by atoms with Crippen LogP contribution in [0.1, 0.15) is 11.1 Å². The normalized spacial score (nSPS) is 11.4. The second kappa shape index (κ2) is 5.50. The molecular weight excluding hydrogens is 276 g/mol. The Hall–Kier alpha value is -2.08. The van der Waals surface area contributed by atoms with E-state index in [1.165, 1.54) is 18.2 Å². The first kappa shape index (κ1) is 14.3. The van der Waals surface area contributed by atoms with Gasteiger partial charge in [-0.25, -0.2) is 4.39 Å². The molecule has 0 saturated heterocycles. The van der Waals surface area contributed by atoms with Crippen LogP contribution in [0, 0.1) is 5.82 Å². The van der Waals surface area contributed by atoms with Gasteiger partial charge in [-0.2, -0.15) is 13.2 Å². The van der Waals surface area contributed by atoms with E-state index in [1.54, 1.807) is 0 Å². The lowest BCUT2D eigenvalue weighted by Gasteiger charge is -2.15. The first-order valence-electron chi connectivity index (χ1n) is 5.65. The van der Waals surface area contributed by atoms with E-state index in [0.29, 0.717) is 0 Å². The van der Waals surface area contributed by atoms with Crippen molar-refractivity contribution in [2.45, 2.75) is 12.8 Å². The van der Waals surface area contributed by atoms with Crippen LogP contribution in [0.25, 0.3) is 0 Å². The molecule has 0 aliphatic carbocycles. The molecule has 0 aliphatic heterocycles. The topological polar surface area (TPSA) is 29.5 Å². The third-order valence-electron chi connectivity index (χ3n) is 2.61. The number of halogens is 4. The molecule has 106 valence electrons. The van der Waals surface area contributed by atoms with Gasteiger partial charge in [0.05, 0.1) is 12.2 Å². The summed E-state index contributed by atoms with van der Waals surface area (Å²) in [4.78, 5) is 0. The minimum Gasteiger partial charge on any atom is -0.456 e. The van der Waals surface area contributed by atoms with E-state index in [9.17, 15) is 17.6 Å². The molecule has 0 aromatic heterocycles. The SMILES string of the molecule is OCc1cc(F)ccc1Oc1ccccc1C(F)(F)F. The second-order valence-corrected chi connectivity index (χ2v) is 4.01. The maximum absolute atomic E-state index is 13.0. The van der Waals surface area contributed by atoms with Gasteiger partial charge in [0, 0.05) is 5.56 Å². The van der Waals surface area contributed by atoms with Crippen LogP contribution in [-0.4, -0.2) is 5.11 Å². The number of rotatable bonds is 3. The van der Waals surface area contributed by atoms with E-state index < -0.39 is 29.9 Å². The zero-order valence-corrected chi connectivity index (χ0v) is 10.1. The van der Waals surface area contributed by atoms with Crippen molar-refractivity contribution < 1.29 is 27.4 Å². The van der Waals surface area contributed by atoms with Crippen LogP contribution in [0.3, 0.4) is 0 Å². The lowest BCUT2D eigenvalue weighted by molar-refractivity contribution is -0.138. The standard InChI is InChI=1S/C14H10F4O2/c15-10-5-6-12(9(7-10)8-19)20-13-4-2-1-3-11(13)14(16,17)18/h1-7,19H,8H2. The lowest BCUT2D eigenvalue weighted by atomic mass is 10.1. The minimum atomic E-state index is -4.56. The van der Waals surface area contributed by atoms with Crippen LogP contribution in [-0.2, 0) is 12.8 Å². The van der Waals surface area contributed by atoms with Gasteiger partial charge in [0.15, 0.2) is 0 Å². The highest BCUT2D eigenvalue weighted by molar-refractivity contribution is 5.42. The van der Waals surface area contributed by atoms with Crippen molar-refractivity contribution in [3.63, 3.8) is 0 Å². The molecule has 1 N–H and O–H groups in total. The first-order valence-corrected chi connectivity index (χ1v) is 5.65. The predicted molar refractivity (Wildman–Crippen MR) is 63.8 cm³/mol. The van der Waals surface area contributed by atoms with Crippen molar-refractivity contribution in [1.29, 1.82) is 0 Å². The van der Waals surface area contributed by atoms with Gasteiger partial charge in [0.25, 0.3) is 0 Å². The van der Waals surface area contributed by atoms with E-state index in [0.717, 1.165) is 24.3 Å². The van der Waals surface area contributed by atoms with Crippen molar-refractivity contribution in [1.82, 2.24) is 0 Å². The third-order valence-corrected chi connectivity index (χ3v) is 2.61. The smallest absolute Gasteiger partial charge is 0.419 e. The predicted octanol–water partition coefficient (Wildman–Crippen LogP) is 4.13. The summed E-state index contributed by atoms with van der Waals surface area (Å²) in [5, 5.41) is 9.08. The van der Waals surface area contributed by atoms with E-state index in [2.05, 4.69) is 0 Å². The summed E-state index contributed by atoms with van der Waals surface area (Å²) in [6, 6.07) is 7.91. The number of hydrogen-bond donors (Lipinski definition) is 1. The Labute approximate surface area is 112 Å². The molecule has 0 saturated carbocycles. The van der Waals surface area contributed by atoms with Gasteiger partial charge in [-0.1, -0.05) is 12.1 Å². The number of alkyl halides is 3. The number of aliphatic hydroxyl groups excluding tert-OH is 1. The summed E-state index contributed by atoms with van der Waals surface area (Å²) < 4.78 is 56.6. The van der Waals surface area contributed by atoms with Crippen LogP contribution < -0.4 is 4.74 Å². The Morgan fingerprint density at radius 3 is 2.35 bits per heavy atom. The molecule has 0 heterocycles. The van der Waals surface area contributed by atoms with E-state index >= 15 is 0 Å². The first-order chi connectivity index (χ1) is 9.41. The molecule has 0 bridgehead atoms. The molecule has 0 radical (unpaired) electrons. The average molecular weight is 286 g/mol. The van der Waals surface area contributed by atoms with Gasteiger partial charge in [0.1, 0.15) is 17.3 Å². The van der Waals surface area contributed by atoms with Gasteiger partial charge in [-0.15, -0.1) is 0 Å². The number of hydrogen-bond acceptors (Lipinski definition) is 2. The summed E-state index contributed by atoms with van der Waals surface area (Å²) >= 11 is 0. The number of ether oxygens (including phenoxy) is 1. The maximum atomic E-state index is 13.0. The fourth-order valence-corrected chi connectivity index (χ4v) is 1.68. The third kappa shape index (κ3) is 3.08. The van der Waals surface area contributed by atoms with Crippen molar-refractivity contribution in [2.75, 3.05) is 0 Å². The highest BCUT2D eigenvalue weighted by Gasteiger charge is 2.34. The van der Waals surface area contributed by atoms with Crippen LogP contribution in [0.4, 0.5) is 17.6 Å². The second-order valence-electron chi connectivity index (χ2n) is 4.01. The lowest BCUT2D eigenvalue weighted by Crippen LogP contribution is -2.07. The molecule has 2 rings (SSSR count). The van der Waals surface area contributed by atoms with E-state index in [1.807, 2.05) is 0 Å². The fourth-order valence-electron chi connectivity index (χ4n) is 1.68. The maximum Gasteiger partial charge on any atom is 0.419 e. The Morgan fingerprint density at radius 1 is 1.00 bits per heavy atom. The van der Waals surface area contributed by atoms with Crippen LogP contribution >= 0.6 is 0 Å². The average Bonchev–Trinajstić information content (AvgIpc) is 2.40. The zero-order valence-electron chi connectivity index (χ0n) is 10.1. The largest absolute Gasteiger partial charge is 0.456 e. The van der Waals surface area contributed by atoms with E-state index in [-0.39, 0.29) is 11.3 Å². The van der Waals surface area contributed by atoms with Crippen LogP contribution in [0.2, 0.25) is 0 Å². The molecule has 0 fully saturated rings. The molecule has 0 amide bonds. The molecule has 2 aromatic carbocycles. The molecule has 2 aromatic rings. The number of para-hydroxylation sites is 1. The molecule has 6 heteroatoms. The highest BCUT2D eigenvalue weighted by Crippen LogP contribution is 2.38. The molecule has 2 nitrogen and oxygen atoms in total. The molecule has 0 spiro atoms. The molecule has 0 atom stereocenters. The minimum absolute atomic E-state index is 0.0226. The summed E-state index contributed by atoms with van der Waals surface area (Å²) in [6.45, 7) is -0.540.